The first-order valence-electron chi connectivity index (χ1n) is 9.03. The van der Waals surface area contributed by atoms with Crippen LogP contribution in [0.15, 0.2) is 30.3 Å². The van der Waals surface area contributed by atoms with Gasteiger partial charge < -0.3 is 15.2 Å². The number of aromatic nitrogens is 4. The molecule has 130 valence electrons. The molecule has 1 fully saturated rings. The highest BCUT2D eigenvalue weighted by atomic mass is 15.3. The number of piperazine rings is 1. The zero-order valence-electron chi connectivity index (χ0n) is 14.3. The Morgan fingerprint density at radius 2 is 1.92 bits per heavy atom. The van der Waals surface area contributed by atoms with Gasteiger partial charge >= 0.3 is 0 Å². The summed E-state index contributed by atoms with van der Waals surface area (Å²) in [6, 6.07) is 10.5. The summed E-state index contributed by atoms with van der Waals surface area (Å²) >= 11 is 0. The van der Waals surface area contributed by atoms with Crippen LogP contribution in [0.25, 0.3) is 11.0 Å². The van der Waals surface area contributed by atoms with E-state index in [1.807, 2.05) is 12.1 Å². The summed E-state index contributed by atoms with van der Waals surface area (Å²) in [5.74, 6) is 0.990. The van der Waals surface area contributed by atoms with Gasteiger partial charge in [0.25, 0.3) is 0 Å². The minimum Gasteiger partial charge on any atom is -0.340 e. The molecule has 25 heavy (non-hydrogen) atoms. The number of para-hydroxylation sites is 2. The fourth-order valence-corrected chi connectivity index (χ4v) is 3.77. The van der Waals surface area contributed by atoms with Gasteiger partial charge in [-0.05, 0) is 18.2 Å². The Morgan fingerprint density at radius 1 is 1.04 bits per heavy atom. The number of rotatable bonds is 3. The van der Waals surface area contributed by atoms with Crippen LogP contribution >= 0.6 is 0 Å². The Hall–Kier alpha value is -2.38. The van der Waals surface area contributed by atoms with Crippen molar-refractivity contribution in [3.63, 3.8) is 0 Å². The maximum Gasteiger partial charge on any atom is 0.203 e. The van der Waals surface area contributed by atoms with Gasteiger partial charge in [0, 0.05) is 45.8 Å². The van der Waals surface area contributed by atoms with Crippen molar-refractivity contribution in [2.24, 2.45) is 0 Å². The SMILES string of the molecule is c1ccc2[nH]c(N3CCN(Cc4cc5n(n4)CCNC5)CC3)nc2c1. The van der Waals surface area contributed by atoms with Crippen molar-refractivity contribution >= 4 is 17.0 Å². The predicted octanol–water partition coefficient (Wildman–Crippen LogP) is 1.18. The van der Waals surface area contributed by atoms with E-state index >= 15 is 0 Å². The minimum absolute atomic E-state index is 0.937. The normalized spacial score (nSPS) is 18.6. The number of aromatic amines is 1. The van der Waals surface area contributed by atoms with E-state index in [2.05, 4.69) is 43.0 Å². The molecule has 2 aromatic heterocycles. The van der Waals surface area contributed by atoms with E-state index in [0.717, 1.165) is 69.3 Å². The molecule has 2 N–H and O–H groups in total. The van der Waals surface area contributed by atoms with Crippen molar-refractivity contribution in [2.75, 3.05) is 37.6 Å². The Bertz CT molecular complexity index is 816. The van der Waals surface area contributed by atoms with Crippen LogP contribution in [0.2, 0.25) is 0 Å². The number of hydrogen-bond acceptors (Lipinski definition) is 5. The Labute approximate surface area is 146 Å². The molecule has 0 bridgehead atoms. The van der Waals surface area contributed by atoms with Crippen molar-refractivity contribution in [1.29, 1.82) is 0 Å². The molecule has 1 aromatic carbocycles. The van der Waals surface area contributed by atoms with Crippen molar-refractivity contribution in [2.45, 2.75) is 19.6 Å². The van der Waals surface area contributed by atoms with Crippen LogP contribution in [-0.4, -0.2) is 57.4 Å². The van der Waals surface area contributed by atoms with E-state index in [-0.39, 0.29) is 0 Å². The molecular weight excluding hydrogens is 314 g/mol. The number of H-pyrrole nitrogens is 1. The Kier molecular flexibility index (Phi) is 3.68. The van der Waals surface area contributed by atoms with Gasteiger partial charge in [-0.15, -0.1) is 0 Å². The molecule has 1 saturated heterocycles. The molecule has 7 heteroatoms. The van der Waals surface area contributed by atoms with E-state index in [4.69, 9.17) is 10.1 Å². The number of benzene rings is 1. The number of fused-ring (bicyclic) bond motifs is 2. The number of hydrogen-bond donors (Lipinski definition) is 2. The van der Waals surface area contributed by atoms with Gasteiger partial charge in [0.1, 0.15) is 0 Å². The Morgan fingerprint density at radius 3 is 2.76 bits per heavy atom. The maximum atomic E-state index is 4.75. The summed E-state index contributed by atoms with van der Waals surface area (Å²) in [5.41, 5.74) is 4.65. The molecule has 0 radical (unpaired) electrons. The first-order chi connectivity index (χ1) is 12.3. The van der Waals surface area contributed by atoms with Crippen LogP contribution in [0, 0.1) is 0 Å². The van der Waals surface area contributed by atoms with Crippen LogP contribution in [0.1, 0.15) is 11.4 Å². The molecule has 0 aliphatic carbocycles. The summed E-state index contributed by atoms with van der Waals surface area (Å²) in [5, 5.41) is 8.16. The number of nitrogens with one attached hydrogen (secondary N) is 2. The first kappa shape index (κ1) is 14.9. The third kappa shape index (κ3) is 2.89. The highest BCUT2D eigenvalue weighted by molar-refractivity contribution is 5.77. The summed E-state index contributed by atoms with van der Waals surface area (Å²) in [6.45, 7) is 7.94. The fourth-order valence-electron chi connectivity index (χ4n) is 3.77. The van der Waals surface area contributed by atoms with Gasteiger partial charge in [-0.1, -0.05) is 12.1 Å². The van der Waals surface area contributed by atoms with E-state index in [9.17, 15) is 0 Å². The monoisotopic (exact) mass is 337 g/mol. The molecule has 2 aliphatic rings. The van der Waals surface area contributed by atoms with E-state index in [1.165, 1.54) is 11.4 Å². The van der Waals surface area contributed by atoms with Crippen molar-refractivity contribution in [1.82, 2.24) is 30.0 Å². The highest BCUT2D eigenvalue weighted by Gasteiger charge is 2.21. The molecule has 0 saturated carbocycles. The number of imidazole rings is 1. The summed E-state index contributed by atoms with van der Waals surface area (Å²) in [6.07, 6.45) is 0. The van der Waals surface area contributed by atoms with Crippen molar-refractivity contribution in [3.05, 3.63) is 41.7 Å². The molecule has 4 heterocycles. The lowest BCUT2D eigenvalue weighted by Crippen LogP contribution is -2.46. The first-order valence-corrected chi connectivity index (χ1v) is 9.03. The molecule has 0 amide bonds. The van der Waals surface area contributed by atoms with E-state index in [0.29, 0.717) is 0 Å². The number of nitrogens with zero attached hydrogens (tertiary/aromatic N) is 5. The zero-order chi connectivity index (χ0) is 16.6. The van der Waals surface area contributed by atoms with Gasteiger partial charge in [0.15, 0.2) is 0 Å². The average molecular weight is 337 g/mol. The summed E-state index contributed by atoms with van der Waals surface area (Å²) < 4.78 is 2.15. The largest absolute Gasteiger partial charge is 0.340 e. The van der Waals surface area contributed by atoms with Gasteiger partial charge in [0.2, 0.25) is 5.95 Å². The lowest BCUT2D eigenvalue weighted by atomic mass is 10.2. The van der Waals surface area contributed by atoms with Gasteiger partial charge in [-0.25, -0.2) is 4.98 Å². The summed E-state index contributed by atoms with van der Waals surface area (Å²) in [4.78, 5) is 13.0. The van der Waals surface area contributed by atoms with Crippen LogP contribution in [0.4, 0.5) is 5.95 Å². The van der Waals surface area contributed by atoms with Crippen LogP contribution < -0.4 is 10.2 Å². The van der Waals surface area contributed by atoms with E-state index in [1.54, 1.807) is 0 Å². The zero-order valence-corrected chi connectivity index (χ0v) is 14.3. The van der Waals surface area contributed by atoms with Crippen LogP contribution in [0.5, 0.6) is 0 Å². The molecule has 0 atom stereocenters. The van der Waals surface area contributed by atoms with E-state index < -0.39 is 0 Å². The average Bonchev–Trinajstić information content (AvgIpc) is 3.25. The summed E-state index contributed by atoms with van der Waals surface area (Å²) in [7, 11) is 0. The molecule has 7 nitrogen and oxygen atoms in total. The topological polar surface area (TPSA) is 65.0 Å². The second-order valence-electron chi connectivity index (χ2n) is 6.87. The second-order valence-corrected chi connectivity index (χ2v) is 6.87. The highest BCUT2D eigenvalue weighted by Crippen LogP contribution is 2.19. The predicted molar refractivity (Wildman–Crippen MR) is 97.5 cm³/mol. The molecule has 5 rings (SSSR count). The minimum atomic E-state index is 0.937. The molecule has 0 spiro atoms. The lowest BCUT2D eigenvalue weighted by molar-refractivity contribution is 0.245. The van der Waals surface area contributed by atoms with Crippen molar-refractivity contribution < 1.29 is 0 Å². The maximum absolute atomic E-state index is 4.75. The van der Waals surface area contributed by atoms with Gasteiger partial charge in [0.05, 0.1) is 29.0 Å². The smallest absolute Gasteiger partial charge is 0.203 e. The molecule has 3 aromatic rings. The standard InChI is InChI=1S/C18H23N7/c1-2-4-17-16(3-1)20-18(21-17)24-9-7-23(8-10-24)13-14-11-15-12-19-5-6-25(15)22-14/h1-4,11,19H,5-10,12-13H2,(H,20,21). The van der Waals surface area contributed by atoms with Crippen LogP contribution in [0.3, 0.4) is 0 Å². The lowest BCUT2D eigenvalue weighted by Gasteiger charge is -2.34. The van der Waals surface area contributed by atoms with Gasteiger partial charge in [-0.3, -0.25) is 9.58 Å². The fraction of sp³-hybridized carbons (Fsp3) is 0.444. The molecule has 0 unspecified atom stereocenters. The third-order valence-corrected chi connectivity index (χ3v) is 5.15. The third-order valence-electron chi connectivity index (χ3n) is 5.15. The quantitative estimate of drug-likeness (QED) is 0.751. The Balaban J connectivity index is 1.23. The molecule has 2 aliphatic heterocycles. The van der Waals surface area contributed by atoms with Crippen molar-refractivity contribution in [3.8, 4) is 0 Å². The second kappa shape index (κ2) is 6.16. The molecular formula is C18H23N7. The number of anilines is 1. The van der Waals surface area contributed by atoms with Crippen LogP contribution in [-0.2, 0) is 19.6 Å². The van der Waals surface area contributed by atoms with Gasteiger partial charge in [-0.2, -0.15) is 5.10 Å².